The van der Waals surface area contributed by atoms with E-state index in [1.807, 2.05) is 30.5 Å². The Hall–Kier alpha value is -2.50. The molecule has 0 saturated heterocycles. The van der Waals surface area contributed by atoms with E-state index in [0.717, 1.165) is 35.7 Å². The summed E-state index contributed by atoms with van der Waals surface area (Å²) in [5.41, 5.74) is 0.706. The third-order valence-corrected chi connectivity index (χ3v) is 5.52. The highest BCUT2D eigenvalue weighted by Crippen LogP contribution is 2.27. The monoisotopic (exact) mass is 372 g/mol. The van der Waals surface area contributed by atoms with E-state index in [2.05, 4.69) is 17.2 Å². The molecule has 0 radical (unpaired) electrons. The minimum atomic E-state index is -1.21. The normalized spacial score (nSPS) is 22.0. The number of alkyl carbamates (subject to hydrolysis) is 1. The highest BCUT2D eigenvalue weighted by Gasteiger charge is 2.38. The van der Waals surface area contributed by atoms with Crippen LogP contribution < -0.4 is 5.32 Å². The van der Waals surface area contributed by atoms with Crippen molar-refractivity contribution in [1.29, 1.82) is 0 Å². The lowest BCUT2D eigenvalue weighted by molar-refractivity contribution is -0.147. The lowest BCUT2D eigenvalue weighted by atomic mass is 9.88. The number of nitrogens with one attached hydrogen (secondary N) is 2. The number of carbonyl (C=O) groups excluding carboxylic acids is 2. The molecule has 1 aromatic carbocycles. The van der Waals surface area contributed by atoms with Gasteiger partial charge in [-0.1, -0.05) is 31.5 Å². The number of aromatic amines is 1. The number of esters is 1. The minimum Gasteiger partial charge on any atom is -0.467 e. The third-order valence-electron chi connectivity index (χ3n) is 5.52. The van der Waals surface area contributed by atoms with E-state index < -0.39 is 17.6 Å². The van der Waals surface area contributed by atoms with Gasteiger partial charge in [0.05, 0.1) is 7.11 Å². The molecule has 0 unspecified atom stereocenters. The Kier molecular flexibility index (Phi) is 5.73. The van der Waals surface area contributed by atoms with Crippen LogP contribution in [0.25, 0.3) is 10.9 Å². The summed E-state index contributed by atoms with van der Waals surface area (Å²) in [6, 6.07) is 7.85. The van der Waals surface area contributed by atoms with E-state index in [1.54, 1.807) is 6.92 Å². The smallest absolute Gasteiger partial charge is 0.408 e. The van der Waals surface area contributed by atoms with E-state index in [1.165, 1.54) is 13.5 Å². The molecular formula is C21H28N2O4. The van der Waals surface area contributed by atoms with Crippen LogP contribution in [0, 0.1) is 5.92 Å². The molecule has 0 bridgehead atoms. The first kappa shape index (κ1) is 19.3. The average Bonchev–Trinajstić information content (AvgIpc) is 3.05. The molecule has 6 heteroatoms. The fourth-order valence-corrected chi connectivity index (χ4v) is 3.90. The van der Waals surface area contributed by atoms with Gasteiger partial charge in [-0.25, -0.2) is 9.59 Å². The number of methoxy groups -OCH3 is 1. The fourth-order valence-electron chi connectivity index (χ4n) is 3.90. The highest BCUT2D eigenvalue weighted by atomic mass is 16.6. The van der Waals surface area contributed by atoms with E-state index in [4.69, 9.17) is 9.47 Å². The Morgan fingerprint density at radius 2 is 2.00 bits per heavy atom. The first-order chi connectivity index (χ1) is 12.9. The van der Waals surface area contributed by atoms with Gasteiger partial charge in [0.15, 0.2) is 0 Å². The molecule has 3 atom stereocenters. The van der Waals surface area contributed by atoms with Gasteiger partial charge in [0, 0.05) is 23.5 Å². The fraction of sp³-hybridized carbons (Fsp3) is 0.524. The molecule has 0 aliphatic heterocycles. The average molecular weight is 372 g/mol. The molecular weight excluding hydrogens is 344 g/mol. The van der Waals surface area contributed by atoms with Crippen molar-refractivity contribution in [3.8, 4) is 0 Å². The van der Waals surface area contributed by atoms with Crippen molar-refractivity contribution in [2.45, 2.75) is 57.6 Å². The van der Waals surface area contributed by atoms with Gasteiger partial charge in [0.25, 0.3) is 0 Å². The Labute approximate surface area is 159 Å². The van der Waals surface area contributed by atoms with Gasteiger partial charge in [-0.3, -0.25) is 0 Å². The molecule has 1 saturated carbocycles. The van der Waals surface area contributed by atoms with Gasteiger partial charge in [-0.05, 0) is 43.7 Å². The summed E-state index contributed by atoms with van der Waals surface area (Å²) in [5, 5.41) is 3.78. The Morgan fingerprint density at radius 3 is 2.74 bits per heavy atom. The first-order valence-electron chi connectivity index (χ1n) is 9.55. The van der Waals surface area contributed by atoms with Gasteiger partial charge >= 0.3 is 12.1 Å². The number of para-hydroxylation sites is 1. The Bertz CT molecular complexity index is 815. The van der Waals surface area contributed by atoms with Crippen molar-refractivity contribution in [2.24, 2.45) is 5.92 Å². The Morgan fingerprint density at radius 1 is 1.26 bits per heavy atom. The van der Waals surface area contributed by atoms with Gasteiger partial charge in [-0.15, -0.1) is 0 Å². The molecule has 2 aromatic rings. The molecule has 6 nitrogen and oxygen atoms in total. The number of hydrogen-bond donors (Lipinski definition) is 2. The molecule has 1 heterocycles. The van der Waals surface area contributed by atoms with Gasteiger partial charge in [0.2, 0.25) is 0 Å². The lowest BCUT2D eigenvalue weighted by Crippen LogP contribution is -2.55. The number of hydrogen-bond acceptors (Lipinski definition) is 4. The first-order valence-corrected chi connectivity index (χ1v) is 9.55. The maximum Gasteiger partial charge on any atom is 0.408 e. The standard InChI is InChI=1S/C21H28N2O4/c1-14-8-4-7-11-18(14)27-20(25)23-21(2,19(24)26-3)12-15-13-22-17-10-6-5-9-16(15)17/h5-6,9-10,13-14,18,22H,4,7-8,11-12H2,1-3H3,(H,23,25)/t14-,18-,21+/m1/s1. The highest BCUT2D eigenvalue weighted by molar-refractivity contribution is 5.88. The van der Waals surface area contributed by atoms with E-state index in [0.29, 0.717) is 12.3 Å². The summed E-state index contributed by atoms with van der Waals surface area (Å²) < 4.78 is 10.6. The van der Waals surface area contributed by atoms with E-state index in [-0.39, 0.29) is 6.10 Å². The predicted octanol–water partition coefficient (Wildman–Crippen LogP) is 3.95. The number of rotatable bonds is 5. The predicted molar refractivity (Wildman–Crippen MR) is 103 cm³/mol. The summed E-state index contributed by atoms with van der Waals surface area (Å²) in [4.78, 5) is 28.2. The van der Waals surface area contributed by atoms with Crippen molar-refractivity contribution in [2.75, 3.05) is 7.11 Å². The number of aromatic nitrogens is 1. The van der Waals surface area contributed by atoms with Gasteiger partial charge in [-0.2, -0.15) is 0 Å². The maximum atomic E-state index is 12.5. The number of H-pyrrole nitrogens is 1. The summed E-state index contributed by atoms with van der Waals surface area (Å²) in [5.74, 6) is -0.163. The molecule has 1 aliphatic rings. The van der Waals surface area contributed by atoms with Crippen LogP contribution in [0.3, 0.4) is 0 Å². The van der Waals surface area contributed by atoms with Crippen molar-refractivity contribution < 1.29 is 19.1 Å². The molecule has 146 valence electrons. The van der Waals surface area contributed by atoms with Crippen LogP contribution in [0.2, 0.25) is 0 Å². The zero-order chi connectivity index (χ0) is 19.4. The molecule has 0 spiro atoms. The van der Waals surface area contributed by atoms with Crippen LogP contribution in [0.5, 0.6) is 0 Å². The van der Waals surface area contributed by atoms with Crippen LogP contribution in [-0.2, 0) is 20.7 Å². The van der Waals surface area contributed by atoms with Crippen molar-refractivity contribution in [3.05, 3.63) is 36.0 Å². The SMILES string of the molecule is COC(=O)[C@](C)(Cc1c[nH]c2ccccc12)NC(=O)O[C@@H]1CCCC[C@H]1C. The summed E-state index contributed by atoms with van der Waals surface area (Å²) in [6.45, 7) is 3.77. The number of carbonyl (C=O) groups is 2. The molecule has 1 amide bonds. The van der Waals surface area contributed by atoms with Crippen molar-refractivity contribution in [1.82, 2.24) is 10.3 Å². The van der Waals surface area contributed by atoms with Crippen LogP contribution in [-0.4, -0.2) is 35.8 Å². The molecule has 2 N–H and O–H groups in total. The topological polar surface area (TPSA) is 80.4 Å². The van der Waals surface area contributed by atoms with Gasteiger partial charge < -0.3 is 19.8 Å². The number of ether oxygens (including phenoxy) is 2. The quantitative estimate of drug-likeness (QED) is 0.779. The van der Waals surface area contributed by atoms with Crippen molar-refractivity contribution in [3.63, 3.8) is 0 Å². The Balaban J connectivity index is 1.76. The van der Waals surface area contributed by atoms with Crippen LogP contribution in [0.15, 0.2) is 30.5 Å². The lowest BCUT2D eigenvalue weighted by Gasteiger charge is -2.31. The van der Waals surface area contributed by atoms with E-state index in [9.17, 15) is 9.59 Å². The van der Waals surface area contributed by atoms with Crippen LogP contribution in [0.1, 0.15) is 45.1 Å². The number of amides is 1. The zero-order valence-electron chi connectivity index (χ0n) is 16.2. The molecule has 1 aliphatic carbocycles. The summed E-state index contributed by atoms with van der Waals surface area (Å²) >= 11 is 0. The van der Waals surface area contributed by atoms with Crippen LogP contribution >= 0.6 is 0 Å². The second-order valence-corrected chi connectivity index (χ2v) is 7.69. The molecule has 27 heavy (non-hydrogen) atoms. The van der Waals surface area contributed by atoms with Crippen molar-refractivity contribution >= 4 is 23.0 Å². The largest absolute Gasteiger partial charge is 0.467 e. The maximum absolute atomic E-state index is 12.5. The second kappa shape index (κ2) is 8.03. The van der Waals surface area contributed by atoms with E-state index >= 15 is 0 Å². The van der Waals surface area contributed by atoms with Crippen LogP contribution in [0.4, 0.5) is 4.79 Å². The molecule has 1 fully saturated rings. The second-order valence-electron chi connectivity index (χ2n) is 7.69. The number of fused-ring (bicyclic) bond motifs is 1. The summed E-state index contributed by atoms with van der Waals surface area (Å²) in [7, 11) is 1.33. The molecule has 3 rings (SSSR count). The minimum absolute atomic E-state index is 0.103. The number of benzene rings is 1. The molecule has 1 aromatic heterocycles. The third kappa shape index (κ3) is 4.26. The zero-order valence-corrected chi connectivity index (χ0v) is 16.2. The summed E-state index contributed by atoms with van der Waals surface area (Å²) in [6.07, 6.45) is 5.65. The van der Waals surface area contributed by atoms with Gasteiger partial charge in [0.1, 0.15) is 11.6 Å².